The van der Waals surface area contributed by atoms with Crippen molar-refractivity contribution in [2.45, 2.75) is 67.2 Å². The maximum absolute atomic E-state index is 12.4. The van der Waals surface area contributed by atoms with E-state index >= 15 is 0 Å². The highest BCUT2D eigenvalue weighted by Crippen LogP contribution is 2.30. The van der Waals surface area contributed by atoms with Gasteiger partial charge in [0.05, 0.1) is 13.2 Å². The Morgan fingerprint density at radius 2 is 1.38 bits per heavy atom. The second-order valence-electron chi connectivity index (χ2n) is 6.27. The molecule has 0 N–H and O–H groups in total. The molecule has 0 bridgehead atoms. The molecule has 21 heavy (non-hydrogen) atoms. The van der Waals surface area contributed by atoms with Gasteiger partial charge in [0, 0.05) is 0 Å². The number of esters is 2. The maximum atomic E-state index is 12.4. The SMILES string of the molecule is CCCC(C)COC(=O)C(CC)(CC)C(=O)OCC(C)C. The van der Waals surface area contributed by atoms with Crippen LogP contribution in [0.5, 0.6) is 0 Å². The first-order chi connectivity index (χ1) is 9.83. The fourth-order valence-electron chi connectivity index (χ4n) is 2.22. The standard InChI is InChI=1S/C17H32O4/c1-7-10-14(6)12-21-16(19)17(8-2,9-3)15(18)20-11-13(4)5/h13-14H,7-12H2,1-6H3. The molecular formula is C17H32O4. The Hall–Kier alpha value is -1.06. The zero-order valence-corrected chi connectivity index (χ0v) is 14.5. The molecule has 0 aliphatic carbocycles. The quantitative estimate of drug-likeness (QED) is 0.452. The van der Waals surface area contributed by atoms with Gasteiger partial charge in [-0.25, -0.2) is 0 Å². The van der Waals surface area contributed by atoms with E-state index < -0.39 is 17.4 Å². The predicted molar refractivity (Wildman–Crippen MR) is 83.8 cm³/mol. The van der Waals surface area contributed by atoms with Gasteiger partial charge in [-0.15, -0.1) is 0 Å². The van der Waals surface area contributed by atoms with E-state index in [0.717, 1.165) is 12.8 Å². The Labute approximate surface area is 129 Å². The van der Waals surface area contributed by atoms with Crippen molar-refractivity contribution in [2.75, 3.05) is 13.2 Å². The van der Waals surface area contributed by atoms with Crippen LogP contribution in [0.4, 0.5) is 0 Å². The minimum absolute atomic E-state index is 0.251. The molecule has 0 aromatic rings. The van der Waals surface area contributed by atoms with Crippen LogP contribution in [0, 0.1) is 17.3 Å². The molecule has 0 radical (unpaired) electrons. The smallest absolute Gasteiger partial charge is 0.323 e. The second-order valence-corrected chi connectivity index (χ2v) is 6.27. The summed E-state index contributed by atoms with van der Waals surface area (Å²) in [5.41, 5.74) is -1.15. The van der Waals surface area contributed by atoms with Crippen LogP contribution in [0.3, 0.4) is 0 Å². The van der Waals surface area contributed by atoms with Crippen molar-refractivity contribution >= 4 is 11.9 Å². The molecule has 0 heterocycles. The first kappa shape index (κ1) is 19.9. The van der Waals surface area contributed by atoms with Crippen LogP contribution in [-0.4, -0.2) is 25.2 Å². The average molecular weight is 300 g/mol. The molecule has 4 heteroatoms. The Bertz CT molecular complexity index is 319. The maximum Gasteiger partial charge on any atom is 0.323 e. The highest BCUT2D eigenvalue weighted by molar-refractivity contribution is 6.00. The Morgan fingerprint density at radius 1 is 0.905 bits per heavy atom. The summed E-state index contributed by atoms with van der Waals surface area (Å²) in [6.45, 7) is 12.5. The predicted octanol–water partition coefficient (Wildman–Crippen LogP) is 3.97. The van der Waals surface area contributed by atoms with Crippen molar-refractivity contribution in [2.24, 2.45) is 17.3 Å². The van der Waals surface area contributed by atoms with Crippen LogP contribution in [0.1, 0.15) is 67.2 Å². The van der Waals surface area contributed by atoms with Crippen molar-refractivity contribution in [3.05, 3.63) is 0 Å². The molecule has 1 atom stereocenters. The minimum atomic E-state index is -1.15. The van der Waals surface area contributed by atoms with E-state index in [1.165, 1.54) is 0 Å². The van der Waals surface area contributed by atoms with E-state index in [0.29, 0.717) is 32.0 Å². The molecule has 0 amide bonds. The summed E-state index contributed by atoms with van der Waals surface area (Å²) in [5.74, 6) is -0.323. The summed E-state index contributed by atoms with van der Waals surface area (Å²) in [6, 6.07) is 0. The van der Waals surface area contributed by atoms with Crippen molar-refractivity contribution in [3.8, 4) is 0 Å². The largest absolute Gasteiger partial charge is 0.465 e. The van der Waals surface area contributed by atoms with Gasteiger partial charge in [0.25, 0.3) is 0 Å². The van der Waals surface area contributed by atoms with Gasteiger partial charge < -0.3 is 9.47 Å². The highest BCUT2D eigenvalue weighted by atomic mass is 16.6. The third-order valence-corrected chi connectivity index (χ3v) is 3.82. The number of hydrogen-bond donors (Lipinski definition) is 0. The van der Waals surface area contributed by atoms with Crippen LogP contribution in [-0.2, 0) is 19.1 Å². The molecule has 0 rings (SSSR count). The lowest BCUT2D eigenvalue weighted by Crippen LogP contribution is -2.42. The van der Waals surface area contributed by atoms with Gasteiger partial charge in [0.15, 0.2) is 5.41 Å². The fourth-order valence-corrected chi connectivity index (χ4v) is 2.22. The van der Waals surface area contributed by atoms with Crippen molar-refractivity contribution in [1.82, 2.24) is 0 Å². The average Bonchev–Trinajstić information content (AvgIpc) is 2.45. The molecule has 0 aliphatic heterocycles. The lowest BCUT2D eigenvalue weighted by molar-refractivity contribution is -0.174. The topological polar surface area (TPSA) is 52.6 Å². The molecule has 124 valence electrons. The van der Waals surface area contributed by atoms with E-state index in [9.17, 15) is 9.59 Å². The lowest BCUT2D eigenvalue weighted by atomic mass is 9.82. The first-order valence-electron chi connectivity index (χ1n) is 8.18. The molecule has 0 aliphatic rings. The van der Waals surface area contributed by atoms with Gasteiger partial charge in [-0.2, -0.15) is 0 Å². The summed E-state index contributed by atoms with van der Waals surface area (Å²) in [7, 11) is 0. The summed E-state index contributed by atoms with van der Waals surface area (Å²) in [5, 5.41) is 0. The Morgan fingerprint density at radius 3 is 1.76 bits per heavy atom. The molecular weight excluding hydrogens is 268 g/mol. The molecule has 1 unspecified atom stereocenters. The molecule has 0 spiro atoms. The second kappa shape index (κ2) is 9.80. The van der Waals surface area contributed by atoms with E-state index in [2.05, 4.69) is 6.92 Å². The third-order valence-electron chi connectivity index (χ3n) is 3.82. The number of carbonyl (C=O) groups excluding carboxylic acids is 2. The van der Waals surface area contributed by atoms with Crippen LogP contribution in [0.15, 0.2) is 0 Å². The molecule has 0 aromatic heterocycles. The summed E-state index contributed by atoms with van der Waals surface area (Å²) < 4.78 is 10.7. The van der Waals surface area contributed by atoms with E-state index in [-0.39, 0.29) is 5.92 Å². The minimum Gasteiger partial charge on any atom is -0.465 e. The summed E-state index contributed by atoms with van der Waals surface area (Å²) in [4.78, 5) is 24.7. The van der Waals surface area contributed by atoms with Crippen LogP contribution in [0.2, 0.25) is 0 Å². The van der Waals surface area contributed by atoms with Crippen LogP contribution in [0.25, 0.3) is 0 Å². The van der Waals surface area contributed by atoms with Gasteiger partial charge in [-0.1, -0.05) is 48.0 Å². The monoisotopic (exact) mass is 300 g/mol. The van der Waals surface area contributed by atoms with Gasteiger partial charge in [-0.3, -0.25) is 9.59 Å². The fraction of sp³-hybridized carbons (Fsp3) is 0.882. The van der Waals surface area contributed by atoms with E-state index in [1.54, 1.807) is 0 Å². The van der Waals surface area contributed by atoms with Crippen molar-refractivity contribution < 1.29 is 19.1 Å². The Kier molecular flexibility index (Phi) is 9.31. The number of hydrogen-bond acceptors (Lipinski definition) is 4. The number of ether oxygens (including phenoxy) is 2. The number of rotatable bonds is 10. The van der Waals surface area contributed by atoms with Crippen LogP contribution < -0.4 is 0 Å². The first-order valence-corrected chi connectivity index (χ1v) is 8.18. The molecule has 0 fully saturated rings. The van der Waals surface area contributed by atoms with Gasteiger partial charge >= 0.3 is 11.9 Å². The van der Waals surface area contributed by atoms with Gasteiger partial charge in [0.2, 0.25) is 0 Å². The zero-order chi connectivity index (χ0) is 16.5. The summed E-state index contributed by atoms with van der Waals surface area (Å²) >= 11 is 0. The molecule has 0 saturated heterocycles. The molecule has 4 nitrogen and oxygen atoms in total. The number of carbonyl (C=O) groups is 2. The highest BCUT2D eigenvalue weighted by Gasteiger charge is 2.46. The van der Waals surface area contributed by atoms with E-state index in [4.69, 9.17) is 9.47 Å². The van der Waals surface area contributed by atoms with Gasteiger partial charge in [-0.05, 0) is 31.1 Å². The van der Waals surface area contributed by atoms with Crippen molar-refractivity contribution in [3.63, 3.8) is 0 Å². The Balaban J connectivity index is 4.76. The third kappa shape index (κ3) is 6.06. The summed E-state index contributed by atoms with van der Waals surface area (Å²) in [6.07, 6.45) is 2.88. The van der Waals surface area contributed by atoms with Crippen molar-refractivity contribution in [1.29, 1.82) is 0 Å². The van der Waals surface area contributed by atoms with Crippen LogP contribution >= 0.6 is 0 Å². The lowest BCUT2D eigenvalue weighted by Gasteiger charge is -2.28. The molecule has 0 saturated carbocycles. The zero-order valence-electron chi connectivity index (χ0n) is 14.5. The van der Waals surface area contributed by atoms with Gasteiger partial charge in [0.1, 0.15) is 0 Å². The van der Waals surface area contributed by atoms with E-state index in [1.807, 2.05) is 34.6 Å². The normalized spacial score (nSPS) is 13.1. The molecule has 0 aromatic carbocycles.